The van der Waals surface area contributed by atoms with Gasteiger partial charge < -0.3 is 20.9 Å². The number of carbonyl (C=O) groups is 1. The number of nitrogens with one attached hydrogen (secondary N) is 1. The molecule has 0 heterocycles. The molecule has 6 heteroatoms. The van der Waals surface area contributed by atoms with Gasteiger partial charge in [-0.3, -0.25) is 4.79 Å². The molecule has 2 aromatic carbocycles. The highest BCUT2D eigenvalue weighted by Gasteiger charge is 2.14. The van der Waals surface area contributed by atoms with Gasteiger partial charge in [0.1, 0.15) is 12.4 Å². The van der Waals surface area contributed by atoms with Gasteiger partial charge >= 0.3 is 0 Å². The van der Waals surface area contributed by atoms with E-state index in [1.165, 1.54) is 0 Å². The van der Waals surface area contributed by atoms with Gasteiger partial charge in [-0.25, -0.2) is 0 Å². The Morgan fingerprint density at radius 1 is 1.20 bits per heavy atom. The summed E-state index contributed by atoms with van der Waals surface area (Å²) in [4.78, 5) is 11.7. The molecule has 2 unspecified atom stereocenters. The van der Waals surface area contributed by atoms with Crippen LogP contribution in [0, 0.1) is 5.92 Å². The number of benzene rings is 2. The molecule has 2 atom stereocenters. The minimum absolute atomic E-state index is 0. The van der Waals surface area contributed by atoms with Gasteiger partial charge in [0, 0.05) is 19.0 Å². The van der Waals surface area contributed by atoms with E-state index in [0.717, 1.165) is 5.56 Å². The third-order valence-electron chi connectivity index (χ3n) is 3.76. The summed E-state index contributed by atoms with van der Waals surface area (Å²) >= 11 is 0. The molecule has 0 aromatic heterocycles. The molecule has 5 nitrogen and oxygen atoms in total. The number of rotatable bonds is 8. The molecule has 0 bridgehead atoms. The zero-order chi connectivity index (χ0) is 17.4. The second-order valence-corrected chi connectivity index (χ2v) is 5.74. The Morgan fingerprint density at radius 2 is 1.92 bits per heavy atom. The van der Waals surface area contributed by atoms with Crippen molar-refractivity contribution < 1.29 is 14.6 Å². The maximum absolute atomic E-state index is 11.7. The molecule has 0 saturated heterocycles. The number of amides is 1. The van der Waals surface area contributed by atoms with Crippen LogP contribution >= 0.6 is 12.4 Å². The van der Waals surface area contributed by atoms with Gasteiger partial charge in [-0.2, -0.15) is 0 Å². The average molecular weight is 365 g/mol. The van der Waals surface area contributed by atoms with Crippen LogP contribution in [-0.4, -0.2) is 24.1 Å². The van der Waals surface area contributed by atoms with Crippen molar-refractivity contribution in [3.05, 3.63) is 65.7 Å². The van der Waals surface area contributed by atoms with Crippen LogP contribution in [0.3, 0.4) is 0 Å². The zero-order valence-corrected chi connectivity index (χ0v) is 15.0. The quantitative estimate of drug-likeness (QED) is 0.671. The number of aliphatic hydroxyl groups excluding tert-OH is 1. The maximum atomic E-state index is 11.7. The first kappa shape index (κ1) is 21.0. The van der Waals surface area contributed by atoms with E-state index in [4.69, 9.17) is 10.5 Å². The third-order valence-corrected chi connectivity index (χ3v) is 3.76. The van der Waals surface area contributed by atoms with Gasteiger partial charge in [0.15, 0.2) is 0 Å². The van der Waals surface area contributed by atoms with Crippen LogP contribution in [0.15, 0.2) is 54.6 Å². The van der Waals surface area contributed by atoms with Crippen LogP contribution in [0.2, 0.25) is 0 Å². The summed E-state index contributed by atoms with van der Waals surface area (Å²) in [6.07, 6.45) is -0.792. The highest BCUT2D eigenvalue weighted by atomic mass is 35.5. The Morgan fingerprint density at radius 3 is 2.60 bits per heavy atom. The molecule has 136 valence electrons. The molecule has 0 aliphatic rings. The Hall–Kier alpha value is -2.08. The number of nitrogens with two attached hydrogens (primary N) is 1. The molecule has 0 spiro atoms. The van der Waals surface area contributed by atoms with Crippen LogP contribution in [0.5, 0.6) is 5.75 Å². The lowest BCUT2D eigenvalue weighted by atomic mass is 10.1. The second-order valence-electron chi connectivity index (χ2n) is 5.74. The first-order valence-corrected chi connectivity index (χ1v) is 8.02. The number of aliphatic hydroxyl groups is 1. The van der Waals surface area contributed by atoms with E-state index < -0.39 is 6.10 Å². The SMILES string of the molecule is CC(CN)C(=O)NCC(O)c1cccc(OCc2ccccc2)c1.Cl. The number of hydrogen-bond acceptors (Lipinski definition) is 4. The van der Waals surface area contributed by atoms with E-state index >= 15 is 0 Å². The lowest BCUT2D eigenvalue weighted by molar-refractivity contribution is -0.124. The smallest absolute Gasteiger partial charge is 0.224 e. The normalized spacial score (nSPS) is 12.6. The van der Waals surface area contributed by atoms with E-state index in [2.05, 4.69) is 5.32 Å². The second kappa shape index (κ2) is 10.7. The van der Waals surface area contributed by atoms with E-state index in [-0.39, 0.29) is 37.3 Å². The summed E-state index contributed by atoms with van der Waals surface area (Å²) in [5, 5.41) is 12.9. The van der Waals surface area contributed by atoms with Crippen LogP contribution < -0.4 is 15.8 Å². The van der Waals surface area contributed by atoms with Gasteiger partial charge in [-0.1, -0.05) is 49.4 Å². The van der Waals surface area contributed by atoms with Crippen LogP contribution in [0.4, 0.5) is 0 Å². The average Bonchev–Trinajstić information content (AvgIpc) is 2.64. The summed E-state index contributed by atoms with van der Waals surface area (Å²) in [5.74, 6) is 0.253. The monoisotopic (exact) mass is 364 g/mol. The fraction of sp³-hybridized carbons (Fsp3) is 0.316. The predicted octanol–water partition coefficient (Wildman–Crippen LogP) is 2.43. The van der Waals surface area contributed by atoms with Gasteiger partial charge in [-0.05, 0) is 23.3 Å². The molecule has 0 radical (unpaired) electrons. The fourth-order valence-electron chi connectivity index (χ4n) is 2.15. The van der Waals surface area contributed by atoms with Crippen molar-refractivity contribution in [2.75, 3.05) is 13.1 Å². The molecule has 0 saturated carbocycles. The van der Waals surface area contributed by atoms with Gasteiger partial charge in [0.05, 0.1) is 6.10 Å². The van der Waals surface area contributed by atoms with Gasteiger partial charge in [-0.15, -0.1) is 12.4 Å². The van der Waals surface area contributed by atoms with Crippen molar-refractivity contribution in [3.8, 4) is 5.75 Å². The minimum atomic E-state index is -0.792. The Kier molecular flexibility index (Phi) is 8.99. The molecular formula is C19H25ClN2O3. The van der Waals surface area contributed by atoms with E-state index in [9.17, 15) is 9.90 Å². The summed E-state index contributed by atoms with van der Waals surface area (Å²) in [5.41, 5.74) is 7.22. The summed E-state index contributed by atoms with van der Waals surface area (Å²) in [6.45, 7) is 2.64. The number of ether oxygens (including phenoxy) is 1. The van der Waals surface area contributed by atoms with E-state index in [1.54, 1.807) is 19.1 Å². The van der Waals surface area contributed by atoms with Crippen molar-refractivity contribution in [2.45, 2.75) is 19.6 Å². The van der Waals surface area contributed by atoms with Crippen LogP contribution in [0.25, 0.3) is 0 Å². The van der Waals surface area contributed by atoms with E-state index in [1.807, 2.05) is 42.5 Å². The van der Waals surface area contributed by atoms with Crippen molar-refractivity contribution in [3.63, 3.8) is 0 Å². The first-order chi connectivity index (χ1) is 11.6. The first-order valence-electron chi connectivity index (χ1n) is 8.02. The standard InChI is InChI=1S/C19H24N2O3.ClH/c1-14(11-20)19(23)21-12-18(22)16-8-5-9-17(10-16)24-13-15-6-3-2-4-7-15;/h2-10,14,18,22H,11-13,20H2,1H3,(H,21,23);1H. The largest absolute Gasteiger partial charge is 0.489 e. The number of carbonyl (C=O) groups excluding carboxylic acids is 1. The molecular weight excluding hydrogens is 340 g/mol. The van der Waals surface area contributed by atoms with Gasteiger partial charge in [0.25, 0.3) is 0 Å². The van der Waals surface area contributed by atoms with Crippen molar-refractivity contribution in [1.29, 1.82) is 0 Å². The summed E-state index contributed by atoms with van der Waals surface area (Å²) < 4.78 is 5.75. The van der Waals surface area contributed by atoms with Crippen molar-refractivity contribution in [2.24, 2.45) is 11.7 Å². The Bertz CT molecular complexity index is 652. The molecule has 4 N–H and O–H groups in total. The fourth-order valence-corrected chi connectivity index (χ4v) is 2.15. The molecule has 2 aromatic rings. The number of hydrogen-bond donors (Lipinski definition) is 3. The maximum Gasteiger partial charge on any atom is 0.224 e. The number of halogens is 1. The highest BCUT2D eigenvalue weighted by molar-refractivity contribution is 5.85. The minimum Gasteiger partial charge on any atom is -0.489 e. The lowest BCUT2D eigenvalue weighted by Gasteiger charge is -2.15. The van der Waals surface area contributed by atoms with Crippen LogP contribution in [0.1, 0.15) is 24.2 Å². The molecule has 1 amide bonds. The molecule has 0 aliphatic carbocycles. The molecule has 25 heavy (non-hydrogen) atoms. The predicted molar refractivity (Wildman–Crippen MR) is 101 cm³/mol. The Labute approximate surface area is 154 Å². The van der Waals surface area contributed by atoms with Crippen LogP contribution in [-0.2, 0) is 11.4 Å². The third kappa shape index (κ3) is 6.74. The molecule has 0 fully saturated rings. The summed E-state index contributed by atoms with van der Waals surface area (Å²) in [7, 11) is 0. The molecule has 2 rings (SSSR count). The molecule has 0 aliphatic heterocycles. The van der Waals surface area contributed by atoms with Crippen molar-refractivity contribution in [1.82, 2.24) is 5.32 Å². The van der Waals surface area contributed by atoms with E-state index in [0.29, 0.717) is 17.9 Å². The Balaban J connectivity index is 0.00000312. The zero-order valence-electron chi connectivity index (χ0n) is 14.2. The van der Waals surface area contributed by atoms with Crippen molar-refractivity contribution >= 4 is 18.3 Å². The van der Waals surface area contributed by atoms with Gasteiger partial charge in [0.2, 0.25) is 5.91 Å². The topological polar surface area (TPSA) is 84.6 Å². The highest BCUT2D eigenvalue weighted by Crippen LogP contribution is 2.20. The lowest BCUT2D eigenvalue weighted by Crippen LogP contribution is -2.35. The summed E-state index contributed by atoms with van der Waals surface area (Å²) in [6, 6.07) is 17.1.